The maximum atomic E-state index is 11.2. The molecule has 0 aromatic heterocycles. The third-order valence-corrected chi connectivity index (χ3v) is 4.13. The lowest BCUT2D eigenvalue weighted by Crippen LogP contribution is -2.27. The van der Waals surface area contributed by atoms with E-state index in [0.717, 1.165) is 24.2 Å². The normalized spacial score (nSPS) is 23.4. The van der Waals surface area contributed by atoms with E-state index in [1.54, 1.807) is 6.07 Å². The van der Waals surface area contributed by atoms with Crippen molar-refractivity contribution in [2.24, 2.45) is 5.92 Å². The fourth-order valence-electron chi connectivity index (χ4n) is 2.68. The molecule has 2 unspecified atom stereocenters. The molecule has 0 aliphatic carbocycles. The number of nitrogens with zero attached hydrogens (tertiary/aromatic N) is 2. The summed E-state index contributed by atoms with van der Waals surface area (Å²) >= 11 is 3.33. The van der Waals surface area contributed by atoms with Crippen molar-refractivity contribution in [1.29, 1.82) is 0 Å². The lowest BCUT2D eigenvalue weighted by Gasteiger charge is -2.23. The van der Waals surface area contributed by atoms with Crippen molar-refractivity contribution in [3.63, 3.8) is 0 Å². The van der Waals surface area contributed by atoms with Crippen LogP contribution in [0.15, 0.2) is 18.2 Å². The second-order valence-electron chi connectivity index (χ2n) is 5.06. The summed E-state index contributed by atoms with van der Waals surface area (Å²) in [5.41, 5.74) is 1.90. The van der Waals surface area contributed by atoms with E-state index >= 15 is 0 Å². The molecule has 18 heavy (non-hydrogen) atoms. The highest BCUT2D eigenvalue weighted by atomic mass is 79.9. The zero-order chi connectivity index (χ0) is 13.3. The summed E-state index contributed by atoms with van der Waals surface area (Å²) < 4.78 is 0. The average molecular weight is 313 g/mol. The number of rotatable bonds is 3. The molecule has 1 heterocycles. The van der Waals surface area contributed by atoms with Gasteiger partial charge in [-0.05, 0) is 30.9 Å². The van der Waals surface area contributed by atoms with E-state index in [1.807, 2.05) is 12.1 Å². The van der Waals surface area contributed by atoms with E-state index in [0.29, 0.717) is 17.3 Å². The second-order valence-corrected chi connectivity index (χ2v) is 5.62. The topological polar surface area (TPSA) is 46.4 Å². The first-order chi connectivity index (χ1) is 8.52. The number of halogens is 1. The lowest BCUT2D eigenvalue weighted by molar-refractivity contribution is -0.384. The Labute approximate surface area is 115 Å². The van der Waals surface area contributed by atoms with Gasteiger partial charge in [0.2, 0.25) is 0 Å². The Morgan fingerprint density at radius 3 is 2.72 bits per heavy atom. The lowest BCUT2D eigenvalue weighted by atomic mass is 10.1. The van der Waals surface area contributed by atoms with Gasteiger partial charge < -0.3 is 4.90 Å². The van der Waals surface area contributed by atoms with Crippen LogP contribution in [-0.4, -0.2) is 17.5 Å². The molecule has 4 nitrogen and oxygen atoms in total. The first-order valence-electron chi connectivity index (χ1n) is 6.13. The van der Waals surface area contributed by atoms with Gasteiger partial charge in [0.15, 0.2) is 0 Å². The molecule has 0 bridgehead atoms. The monoisotopic (exact) mass is 312 g/mol. The molecular weight excluding hydrogens is 296 g/mol. The summed E-state index contributed by atoms with van der Waals surface area (Å²) in [5.74, 6) is 0.593. The van der Waals surface area contributed by atoms with Gasteiger partial charge in [0.05, 0.1) is 4.92 Å². The number of hydrogen-bond donors (Lipinski definition) is 0. The molecular formula is C13H17BrN2O2. The van der Waals surface area contributed by atoms with Crippen LogP contribution in [0, 0.1) is 16.0 Å². The molecule has 0 spiro atoms. The fourth-order valence-corrected chi connectivity index (χ4v) is 3.03. The van der Waals surface area contributed by atoms with Crippen molar-refractivity contribution in [3.8, 4) is 0 Å². The minimum absolute atomic E-state index is 0.216. The molecule has 1 aromatic carbocycles. The zero-order valence-corrected chi connectivity index (χ0v) is 12.2. The van der Waals surface area contributed by atoms with Crippen molar-refractivity contribution in [2.75, 3.05) is 11.4 Å². The van der Waals surface area contributed by atoms with Crippen LogP contribution in [0.3, 0.4) is 0 Å². The minimum Gasteiger partial charge on any atom is -0.363 e. The molecule has 0 saturated carbocycles. The van der Waals surface area contributed by atoms with Crippen LogP contribution in [0.4, 0.5) is 11.4 Å². The molecule has 0 amide bonds. The minimum atomic E-state index is -0.281. The SMILES string of the molecule is CC1CC(C)N(c2ccc(CBr)cc2[N+](=O)[O-])C1. The maximum absolute atomic E-state index is 11.2. The Kier molecular flexibility index (Phi) is 3.90. The molecule has 1 saturated heterocycles. The van der Waals surface area contributed by atoms with Gasteiger partial charge in [-0.2, -0.15) is 0 Å². The van der Waals surface area contributed by atoms with Gasteiger partial charge in [0, 0.05) is 24.0 Å². The highest BCUT2D eigenvalue weighted by Crippen LogP contribution is 2.36. The number of nitro benzene ring substituents is 1. The average Bonchev–Trinajstić information content (AvgIpc) is 2.67. The first-order valence-corrected chi connectivity index (χ1v) is 7.25. The summed E-state index contributed by atoms with van der Waals surface area (Å²) in [4.78, 5) is 13.1. The Balaban J connectivity index is 2.41. The van der Waals surface area contributed by atoms with Crippen molar-refractivity contribution >= 4 is 27.3 Å². The molecule has 2 atom stereocenters. The van der Waals surface area contributed by atoms with E-state index < -0.39 is 0 Å². The van der Waals surface area contributed by atoms with E-state index in [2.05, 4.69) is 34.7 Å². The summed E-state index contributed by atoms with van der Waals surface area (Å²) in [7, 11) is 0. The van der Waals surface area contributed by atoms with Crippen LogP contribution in [0.2, 0.25) is 0 Å². The molecule has 1 aromatic rings. The molecule has 98 valence electrons. The Bertz CT molecular complexity index is 464. The van der Waals surface area contributed by atoms with Gasteiger partial charge in [0.1, 0.15) is 5.69 Å². The molecule has 0 radical (unpaired) electrons. The summed E-state index contributed by atoms with van der Waals surface area (Å²) in [6.45, 7) is 5.22. The van der Waals surface area contributed by atoms with Crippen molar-refractivity contribution in [1.82, 2.24) is 0 Å². The largest absolute Gasteiger partial charge is 0.363 e. The molecule has 1 fully saturated rings. The van der Waals surface area contributed by atoms with Crippen molar-refractivity contribution in [3.05, 3.63) is 33.9 Å². The van der Waals surface area contributed by atoms with E-state index in [1.165, 1.54) is 0 Å². The third kappa shape index (κ3) is 2.51. The smallest absolute Gasteiger partial charge is 0.292 e. The predicted molar refractivity (Wildman–Crippen MR) is 76.3 cm³/mol. The standard InChI is InChI=1S/C13H17BrN2O2/c1-9-5-10(2)15(8-9)12-4-3-11(7-14)6-13(12)16(17)18/h3-4,6,9-10H,5,7-8H2,1-2H3. The number of hydrogen-bond acceptors (Lipinski definition) is 3. The summed E-state index contributed by atoms with van der Waals surface area (Å²) in [5, 5.41) is 11.8. The Hall–Kier alpha value is -1.10. The first kappa shape index (κ1) is 13.3. The summed E-state index contributed by atoms with van der Waals surface area (Å²) in [6, 6.07) is 5.86. The highest BCUT2D eigenvalue weighted by molar-refractivity contribution is 9.08. The highest BCUT2D eigenvalue weighted by Gasteiger charge is 2.30. The van der Waals surface area contributed by atoms with Gasteiger partial charge in [-0.1, -0.05) is 28.9 Å². The summed E-state index contributed by atoms with van der Waals surface area (Å²) in [6.07, 6.45) is 1.09. The van der Waals surface area contributed by atoms with Crippen molar-refractivity contribution in [2.45, 2.75) is 31.6 Å². The number of alkyl halides is 1. The van der Waals surface area contributed by atoms with Crippen LogP contribution in [0.25, 0.3) is 0 Å². The van der Waals surface area contributed by atoms with Crippen molar-refractivity contribution < 1.29 is 4.92 Å². The second kappa shape index (κ2) is 5.26. The van der Waals surface area contributed by atoms with Crippen LogP contribution >= 0.6 is 15.9 Å². The Morgan fingerprint density at radius 1 is 1.50 bits per heavy atom. The van der Waals surface area contributed by atoms with Gasteiger partial charge >= 0.3 is 0 Å². The zero-order valence-electron chi connectivity index (χ0n) is 10.6. The van der Waals surface area contributed by atoms with Gasteiger partial charge in [-0.15, -0.1) is 0 Å². The van der Waals surface area contributed by atoms with E-state index in [9.17, 15) is 10.1 Å². The van der Waals surface area contributed by atoms with E-state index in [4.69, 9.17) is 0 Å². The van der Waals surface area contributed by atoms with Crippen LogP contribution in [0.1, 0.15) is 25.8 Å². The quantitative estimate of drug-likeness (QED) is 0.485. The predicted octanol–water partition coefficient (Wildman–Crippen LogP) is 3.72. The molecule has 0 N–H and O–H groups in total. The van der Waals surface area contributed by atoms with Crippen LogP contribution in [0.5, 0.6) is 0 Å². The molecule has 1 aliphatic heterocycles. The van der Waals surface area contributed by atoms with E-state index in [-0.39, 0.29) is 10.6 Å². The van der Waals surface area contributed by atoms with Crippen LogP contribution in [-0.2, 0) is 5.33 Å². The van der Waals surface area contributed by atoms with Gasteiger partial charge in [-0.25, -0.2) is 0 Å². The molecule has 5 heteroatoms. The number of anilines is 1. The Morgan fingerprint density at radius 2 is 2.22 bits per heavy atom. The number of nitro groups is 1. The fraction of sp³-hybridized carbons (Fsp3) is 0.538. The molecule has 1 aliphatic rings. The van der Waals surface area contributed by atoms with Gasteiger partial charge in [-0.3, -0.25) is 10.1 Å². The molecule has 2 rings (SSSR count). The van der Waals surface area contributed by atoms with Gasteiger partial charge in [0.25, 0.3) is 5.69 Å². The third-order valence-electron chi connectivity index (χ3n) is 3.48. The number of benzene rings is 1. The van der Waals surface area contributed by atoms with Crippen LogP contribution < -0.4 is 4.90 Å². The maximum Gasteiger partial charge on any atom is 0.292 e.